The van der Waals surface area contributed by atoms with Crippen LogP contribution in [-0.4, -0.2) is 18.1 Å². The summed E-state index contributed by atoms with van der Waals surface area (Å²) >= 11 is 17.7. The van der Waals surface area contributed by atoms with Crippen LogP contribution in [0.2, 0.25) is 10.0 Å². The van der Waals surface area contributed by atoms with E-state index in [0.29, 0.717) is 38.2 Å². The van der Waals surface area contributed by atoms with Crippen molar-refractivity contribution in [3.8, 4) is 16.9 Å². The molecule has 0 atom stereocenters. The first kappa shape index (κ1) is 22.8. The monoisotopic (exact) mass is 498 g/mol. The molecule has 0 saturated carbocycles. The number of thiocarbonyl (C=S) groups is 1. The smallest absolute Gasteiger partial charge is 0.344 e. The molecule has 4 rings (SSSR count). The Bertz CT molecular complexity index is 1450. The second-order valence-corrected chi connectivity index (χ2v) is 8.18. The third-order valence-electron chi connectivity index (χ3n) is 4.79. The summed E-state index contributed by atoms with van der Waals surface area (Å²) in [5.74, 6) is -0.121. The van der Waals surface area contributed by atoms with E-state index in [9.17, 15) is 9.59 Å². The Morgan fingerprint density at radius 3 is 2.55 bits per heavy atom. The van der Waals surface area contributed by atoms with Gasteiger partial charge in [-0.2, -0.15) is 0 Å². The molecule has 0 unspecified atom stereocenters. The predicted molar refractivity (Wildman–Crippen MR) is 135 cm³/mol. The number of para-hydroxylation sites is 1. The number of methoxy groups -OCH3 is 1. The molecule has 0 saturated heterocycles. The van der Waals surface area contributed by atoms with Crippen molar-refractivity contribution in [3.63, 3.8) is 0 Å². The molecule has 0 bridgehead atoms. The number of carbonyl (C=O) groups excluding carboxylic acids is 1. The van der Waals surface area contributed by atoms with Gasteiger partial charge >= 0.3 is 5.63 Å². The zero-order valence-corrected chi connectivity index (χ0v) is 19.5. The molecule has 2 N–H and O–H groups in total. The molecule has 0 spiro atoms. The third-order valence-corrected chi connectivity index (χ3v) is 5.54. The lowest BCUT2D eigenvalue weighted by Gasteiger charge is -2.13. The molecule has 1 aromatic heterocycles. The normalized spacial score (nSPS) is 10.6. The van der Waals surface area contributed by atoms with E-state index in [0.717, 1.165) is 5.39 Å². The number of nitrogens with one attached hydrogen (secondary N) is 2. The number of amides is 1. The van der Waals surface area contributed by atoms with Gasteiger partial charge in [-0.15, -0.1) is 0 Å². The number of benzene rings is 3. The molecule has 1 amide bonds. The first-order valence-corrected chi connectivity index (χ1v) is 10.8. The van der Waals surface area contributed by atoms with Gasteiger partial charge in [0.15, 0.2) is 5.11 Å². The maximum absolute atomic E-state index is 12.6. The number of halogens is 2. The van der Waals surface area contributed by atoms with Crippen molar-refractivity contribution < 1.29 is 13.9 Å². The SMILES string of the molecule is COc1ccc(Cl)cc1C(=O)NC(=S)Nc1ccc(-c2cc3ccccc3oc2=O)c(Cl)c1. The van der Waals surface area contributed by atoms with Crippen LogP contribution in [0.3, 0.4) is 0 Å². The van der Waals surface area contributed by atoms with Gasteiger partial charge in [-0.1, -0.05) is 47.5 Å². The molecule has 0 aliphatic rings. The number of hydrogen-bond donors (Lipinski definition) is 2. The zero-order valence-electron chi connectivity index (χ0n) is 17.1. The Balaban J connectivity index is 1.53. The lowest BCUT2D eigenvalue weighted by Crippen LogP contribution is -2.34. The zero-order chi connectivity index (χ0) is 23.5. The molecule has 0 aliphatic heterocycles. The van der Waals surface area contributed by atoms with E-state index in [-0.39, 0.29) is 10.7 Å². The Morgan fingerprint density at radius 1 is 1.00 bits per heavy atom. The van der Waals surface area contributed by atoms with Gasteiger partial charge in [0.05, 0.1) is 23.3 Å². The van der Waals surface area contributed by atoms with Gasteiger partial charge in [-0.3, -0.25) is 10.1 Å². The van der Waals surface area contributed by atoms with Gasteiger partial charge in [-0.25, -0.2) is 4.79 Å². The number of rotatable bonds is 4. The van der Waals surface area contributed by atoms with Crippen LogP contribution in [0.1, 0.15) is 10.4 Å². The van der Waals surface area contributed by atoms with E-state index in [1.54, 1.807) is 48.5 Å². The first-order valence-electron chi connectivity index (χ1n) is 9.64. The summed E-state index contributed by atoms with van der Waals surface area (Å²) in [6.45, 7) is 0. The second kappa shape index (κ2) is 9.62. The van der Waals surface area contributed by atoms with Gasteiger partial charge < -0.3 is 14.5 Å². The highest BCUT2D eigenvalue weighted by molar-refractivity contribution is 7.80. The number of fused-ring (bicyclic) bond motifs is 1. The first-order chi connectivity index (χ1) is 15.9. The summed E-state index contributed by atoms with van der Waals surface area (Å²) < 4.78 is 10.6. The van der Waals surface area contributed by atoms with Crippen LogP contribution in [0.4, 0.5) is 5.69 Å². The molecule has 33 heavy (non-hydrogen) atoms. The molecule has 3 aromatic carbocycles. The quantitative estimate of drug-likeness (QED) is 0.269. The molecule has 166 valence electrons. The maximum atomic E-state index is 12.6. The molecule has 1 heterocycles. The number of ether oxygens (including phenoxy) is 1. The van der Waals surface area contributed by atoms with E-state index in [1.165, 1.54) is 13.2 Å². The van der Waals surface area contributed by atoms with E-state index < -0.39 is 11.5 Å². The molecule has 4 aromatic rings. The summed E-state index contributed by atoms with van der Waals surface area (Å²) in [4.78, 5) is 25.0. The Hall–Kier alpha value is -3.39. The number of hydrogen-bond acceptors (Lipinski definition) is 5. The average molecular weight is 499 g/mol. The highest BCUT2D eigenvalue weighted by Gasteiger charge is 2.16. The van der Waals surface area contributed by atoms with Crippen LogP contribution in [0.25, 0.3) is 22.1 Å². The maximum Gasteiger partial charge on any atom is 0.344 e. The predicted octanol–water partition coefficient (Wildman–Crippen LogP) is 5.90. The van der Waals surface area contributed by atoms with Crippen molar-refractivity contribution in [1.82, 2.24) is 5.32 Å². The average Bonchev–Trinajstić information content (AvgIpc) is 2.79. The fourth-order valence-electron chi connectivity index (χ4n) is 3.25. The van der Waals surface area contributed by atoms with Gasteiger partial charge in [0.2, 0.25) is 0 Å². The van der Waals surface area contributed by atoms with Gasteiger partial charge in [0, 0.05) is 21.7 Å². The van der Waals surface area contributed by atoms with E-state index in [1.807, 2.05) is 12.1 Å². The molecule has 6 nitrogen and oxygen atoms in total. The minimum atomic E-state index is -0.491. The van der Waals surface area contributed by atoms with Crippen LogP contribution in [-0.2, 0) is 0 Å². The molecular formula is C24H16Cl2N2O4S. The van der Waals surface area contributed by atoms with Gasteiger partial charge in [-0.05, 0) is 54.7 Å². The fraction of sp³-hybridized carbons (Fsp3) is 0.0417. The van der Waals surface area contributed by atoms with Crippen LogP contribution in [0, 0.1) is 0 Å². The van der Waals surface area contributed by atoms with Crippen LogP contribution >= 0.6 is 35.4 Å². The molecule has 0 fully saturated rings. The summed E-state index contributed by atoms with van der Waals surface area (Å²) in [7, 11) is 1.45. The minimum absolute atomic E-state index is 0.0519. The largest absolute Gasteiger partial charge is 0.496 e. The molecule has 0 radical (unpaired) electrons. The van der Waals surface area contributed by atoms with Crippen molar-refractivity contribution in [3.05, 3.63) is 92.8 Å². The van der Waals surface area contributed by atoms with Crippen molar-refractivity contribution in [2.24, 2.45) is 0 Å². The lowest BCUT2D eigenvalue weighted by molar-refractivity contribution is 0.0975. The Kier molecular flexibility index (Phi) is 6.65. The number of anilines is 1. The van der Waals surface area contributed by atoms with Crippen molar-refractivity contribution in [2.75, 3.05) is 12.4 Å². The fourth-order valence-corrected chi connectivity index (χ4v) is 3.92. The van der Waals surface area contributed by atoms with E-state index in [2.05, 4.69) is 10.6 Å². The highest BCUT2D eigenvalue weighted by Crippen LogP contribution is 2.30. The third kappa shape index (κ3) is 5.01. The molecule has 9 heteroatoms. The summed E-state index contributed by atoms with van der Waals surface area (Å²) in [6.07, 6.45) is 0. The second-order valence-electron chi connectivity index (χ2n) is 6.93. The van der Waals surface area contributed by atoms with Gasteiger partial charge in [0.25, 0.3) is 5.91 Å². The van der Waals surface area contributed by atoms with Crippen LogP contribution in [0.15, 0.2) is 75.9 Å². The minimum Gasteiger partial charge on any atom is -0.496 e. The highest BCUT2D eigenvalue weighted by atomic mass is 35.5. The summed E-state index contributed by atoms with van der Waals surface area (Å²) in [5, 5.41) is 7.01. The van der Waals surface area contributed by atoms with E-state index >= 15 is 0 Å². The standard InChI is InChI=1S/C24H16Cl2N2O4S/c1-31-21-9-6-14(25)11-18(21)22(29)28-24(33)27-15-7-8-16(19(26)12-15)17-10-13-4-2-3-5-20(13)32-23(17)30/h2-12H,1H3,(H2,27,28,29,33). The van der Waals surface area contributed by atoms with Gasteiger partial charge in [0.1, 0.15) is 11.3 Å². The Labute approximate surface area is 204 Å². The summed E-state index contributed by atoms with van der Waals surface area (Å²) in [6, 6.07) is 18.6. The van der Waals surface area contributed by atoms with Crippen molar-refractivity contribution >= 4 is 63.1 Å². The topological polar surface area (TPSA) is 80.6 Å². The lowest BCUT2D eigenvalue weighted by atomic mass is 10.1. The molecular weight excluding hydrogens is 483 g/mol. The number of carbonyl (C=O) groups is 1. The van der Waals surface area contributed by atoms with E-state index in [4.69, 9.17) is 44.6 Å². The summed E-state index contributed by atoms with van der Waals surface area (Å²) in [5.41, 5.74) is 1.63. The van der Waals surface area contributed by atoms with Crippen LogP contribution < -0.4 is 21.0 Å². The van der Waals surface area contributed by atoms with Crippen LogP contribution in [0.5, 0.6) is 5.75 Å². The molecule has 0 aliphatic carbocycles. The van der Waals surface area contributed by atoms with Crippen molar-refractivity contribution in [1.29, 1.82) is 0 Å². The Morgan fingerprint density at radius 2 is 1.79 bits per heavy atom. The van der Waals surface area contributed by atoms with Crippen molar-refractivity contribution in [2.45, 2.75) is 0 Å².